The van der Waals surface area contributed by atoms with Crippen molar-refractivity contribution in [3.63, 3.8) is 0 Å². The van der Waals surface area contributed by atoms with Crippen molar-refractivity contribution in [1.29, 1.82) is 0 Å². The van der Waals surface area contributed by atoms with Crippen LogP contribution in [0.3, 0.4) is 0 Å². The van der Waals surface area contributed by atoms with E-state index in [9.17, 15) is 4.79 Å². The maximum atomic E-state index is 12.1. The molecule has 3 nitrogen and oxygen atoms in total. The Morgan fingerprint density at radius 1 is 1.16 bits per heavy atom. The molecule has 0 unspecified atom stereocenters. The smallest absolute Gasteiger partial charge is 0.289 e. The molecule has 1 aromatic heterocycles. The molecule has 0 aliphatic rings. The van der Waals surface area contributed by atoms with Gasteiger partial charge in [0.05, 0.1) is 5.02 Å². The van der Waals surface area contributed by atoms with E-state index in [1.54, 1.807) is 23.1 Å². The Balaban J connectivity index is 2.29. The Morgan fingerprint density at radius 2 is 1.84 bits per heavy atom. The van der Waals surface area contributed by atoms with Gasteiger partial charge in [-0.2, -0.15) is 0 Å². The van der Waals surface area contributed by atoms with Crippen LogP contribution >= 0.6 is 11.6 Å². The van der Waals surface area contributed by atoms with Crippen LogP contribution in [0.4, 0.5) is 0 Å². The number of hydrogen-bond acceptors (Lipinski definition) is 2. The molecule has 0 saturated heterocycles. The molecule has 19 heavy (non-hydrogen) atoms. The normalized spacial score (nSPS) is 10.5. The highest BCUT2D eigenvalue weighted by Gasteiger charge is 2.17. The van der Waals surface area contributed by atoms with Crippen molar-refractivity contribution in [1.82, 2.24) is 4.90 Å². The first-order valence-electron chi connectivity index (χ1n) is 6.31. The molecule has 2 aromatic rings. The lowest BCUT2D eigenvalue weighted by Gasteiger charge is -2.16. The van der Waals surface area contributed by atoms with Crippen molar-refractivity contribution < 1.29 is 9.21 Å². The molecule has 2 rings (SSSR count). The summed E-state index contributed by atoms with van der Waals surface area (Å²) >= 11 is 6.11. The Labute approximate surface area is 117 Å². The van der Waals surface area contributed by atoms with Gasteiger partial charge in [0.15, 0.2) is 5.76 Å². The molecule has 1 aromatic carbocycles. The Kier molecular flexibility index (Phi) is 4.27. The molecule has 0 bridgehead atoms. The Hall–Kier alpha value is -1.74. The van der Waals surface area contributed by atoms with Crippen LogP contribution in [0.1, 0.15) is 24.4 Å². The van der Waals surface area contributed by atoms with Crippen LogP contribution < -0.4 is 0 Å². The summed E-state index contributed by atoms with van der Waals surface area (Å²) in [5.41, 5.74) is 0.794. The molecule has 0 aliphatic carbocycles. The van der Waals surface area contributed by atoms with Crippen LogP contribution in [0.25, 0.3) is 11.3 Å². The Bertz CT molecular complexity index is 573. The second-order valence-electron chi connectivity index (χ2n) is 4.12. The number of halogens is 1. The molecule has 0 saturated carbocycles. The average molecular weight is 278 g/mol. The third kappa shape index (κ3) is 2.82. The van der Waals surface area contributed by atoms with E-state index in [1.807, 2.05) is 32.0 Å². The van der Waals surface area contributed by atoms with Crippen molar-refractivity contribution in [2.75, 3.05) is 13.1 Å². The van der Waals surface area contributed by atoms with E-state index in [2.05, 4.69) is 0 Å². The third-order valence-electron chi connectivity index (χ3n) is 3.01. The van der Waals surface area contributed by atoms with Gasteiger partial charge in [0, 0.05) is 18.7 Å². The molecule has 1 heterocycles. The summed E-state index contributed by atoms with van der Waals surface area (Å²) in [5.74, 6) is 0.864. The quantitative estimate of drug-likeness (QED) is 0.844. The van der Waals surface area contributed by atoms with Gasteiger partial charge < -0.3 is 9.32 Å². The molecule has 4 heteroatoms. The van der Waals surface area contributed by atoms with Crippen molar-refractivity contribution in [2.24, 2.45) is 0 Å². The molecule has 0 radical (unpaired) electrons. The van der Waals surface area contributed by atoms with Gasteiger partial charge in [0.1, 0.15) is 5.76 Å². The van der Waals surface area contributed by atoms with E-state index in [0.29, 0.717) is 29.6 Å². The number of furan rings is 1. The molecule has 1 amide bonds. The SMILES string of the molecule is CCN(CC)C(=O)c1ccc(-c2ccccc2Cl)o1. The van der Waals surface area contributed by atoms with Gasteiger partial charge >= 0.3 is 0 Å². The van der Waals surface area contributed by atoms with E-state index in [-0.39, 0.29) is 5.91 Å². The van der Waals surface area contributed by atoms with Crippen molar-refractivity contribution in [3.8, 4) is 11.3 Å². The number of carbonyl (C=O) groups excluding carboxylic acids is 1. The first-order chi connectivity index (χ1) is 9.17. The van der Waals surface area contributed by atoms with E-state index >= 15 is 0 Å². The van der Waals surface area contributed by atoms with E-state index in [0.717, 1.165) is 5.56 Å². The molecule has 0 spiro atoms. The predicted molar refractivity (Wildman–Crippen MR) is 76.4 cm³/mol. The van der Waals surface area contributed by atoms with Crippen LogP contribution in [-0.2, 0) is 0 Å². The molecule has 0 atom stereocenters. The number of carbonyl (C=O) groups is 1. The van der Waals surface area contributed by atoms with Crippen LogP contribution in [-0.4, -0.2) is 23.9 Å². The highest BCUT2D eigenvalue weighted by atomic mass is 35.5. The highest BCUT2D eigenvalue weighted by molar-refractivity contribution is 6.33. The fraction of sp³-hybridized carbons (Fsp3) is 0.267. The topological polar surface area (TPSA) is 33.5 Å². The molecule has 0 aliphatic heterocycles. The Morgan fingerprint density at radius 3 is 2.47 bits per heavy atom. The zero-order chi connectivity index (χ0) is 13.8. The number of rotatable bonds is 4. The molecule has 0 N–H and O–H groups in total. The molecular weight excluding hydrogens is 262 g/mol. The standard InChI is InChI=1S/C15H16ClNO2/c1-3-17(4-2)15(18)14-10-9-13(19-14)11-7-5-6-8-12(11)16/h5-10H,3-4H2,1-2H3. The second kappa shape index (κ2) is 5.93. The van der Waals surface area contributed by atoms with Gasteiger partial charge in [-0.3, -0.25) is 4.79 Å². The maximum Gasteiger partial charge on any atom is 0.289 e. The van der Waals surface area contributed by atoms with Crippen LogP contribution in [0.5, 0.6) is 0 Å². The van der Waals surface area contributed by atoms with E-state index in [1.165, 1.54) is 0 Å². The van der Waals surface area contributed by atoms with Crippen molar-refractivity contribution in [2.45, 2.75) is 13.8 Å². The van der Waals surface area contributed by atoms with Gasteiger partial charge in [-0.05, 0) is 38.1 Å². The first kappa shape index (κ1) is 13.7. The maximum absolute atomic E-state index is 12.1. The third-order valence-corrected chi connectivity index (χ3v) is 3.34. The first-order valence-corrected chi connectivity index (χ1v) is 6.69. The monoisotopic (exact) mass is 277 g/mol. The number of hydrogen-bond donors (Lipinski definition) is 0. The average Bonchev–Trinajstić information content (AvgIpc) is 2.90. The fourth-order valence-corrected chi connectivity index (χ4v) is 2.15. The van der Waals surface area contributed by atoms with E-state index in [4.69, 9.17) is 16.0 Å². The van der Waals surface area contributed by atoms with Crippen LogP contribution in [0.15, 0.2) is 40.8 Å². The number of amides is 1. The lowest BCUT2D eigenvalue weighted by Crippen LogP contribution is -2.30. The molecule has 0 fully saturated rings. The van der Waals surface area contributed by atoms with Crippen molar-refractivity contribution in [3.05, 3.63) is 47.2 Å². The second-order valence-corrected chi connectivity index (χ2v) is 4.53. The fourth-order valence-electron chi connectivity index (χ4n) is 1.93. The zero-order valence-corrected chi connectivity index (χ0v) is 11.8. The van der Waals surface area contributed by atoms with Gasteiger partial charge in [0.2, 0.25) is 0 Å². The molecular formula is C15H16ClNO2. The minimum absolute atomic E-state index is 0.0942. The van der Waals surface area contributed by atoms with Crippen LogP contribution in [0, 0.1) is 0 Å². The molecule has 100 valence electrons. The number of nitrogens with zero attached hydrogens (tertiary/aromatic N) is 1. The lowest BCUT2D eigenvalue weighted by atomic mass is 10.2. The van der Waals surface area contributed by atoms with Crippen molar-refractivity contribution >= 4 is 17.5 Å². The summed E-state index contributed by atoms with van der Waals surface area (Å²) in [6, 6.07) is 10.9. The summed E-state index contributed by atoms with van der Waals surface area (Å²) in [7, 11) is 0. The largest absolute Gasteiger partial charge is 0.451 e. The summed E-state index contributed by atoms with van der Waals surface area (Å²) < 4.78 is 5.62. The van der Waals surface area contributed by atoms with Gasteiger partial charge in [-0.1, -0.05) is 23.7 Å². The minimum atomic E-state index is -0.0942. The summed E-state index contributed by atoms with van der Waals surface area (Å²) in [6.07, 6.45) is 0. The number of benzene rings is 1. The lowest BCUT2D eigenvalue weighted by molar-refractivity contribution is 0.0742. The highest BCUT2D eigenvalue weighted by Crippen LogP contribution is 2.29. The van der Waals surface area contributed by atoms with Gasteiger partial charge in [0.25, 0.3) is 5.91 Å². The predicted octanol–water partition coefficient (Wildman–Crippen LogP) is 4.08. The van der Waals surface area contributed by atoms with Gasteiger partial charge in [-0.15, -0.1) is 0 Å². The van der Waals surface area contributed by atoms with Crippen LogP contribution in [0.2, 0.25) is 5.02 Å². The zero-order valence-electron chi connectivity index (χ0n) is 11.0. The summed E-state index contributed by atoms with van der Waals surface area (Å²) in [4.78, 5) is 13.9. The summed E-state index contributed by atoms with van der Waals surface area (Å²) in [6.45, 7) is 5.22. The van der Waals surface area contributed by atoms with Gasteiger partial charge in [-0.25, -0.2) is 0 Å². The summed E-state index contributed by atoms with van der Waals surface area (Å²) in [5, 5.41) is 0.610. The minimum Gasteiger partial charge on any atom is -0.451 e. The van der Waals surface area contributed by atoms with E-state index < -0.39 is 0 Å².